The molecule has 1 saturated carbocycles. The van der Waals surface area contributed by atoms with Crippen LogP contribution in [0.15, 0.2) is 42.5 Å². The monoisotopic (exact) mass is 320 g/mol. The molecule has 1 aliphatic carbocycles. The van der Waals surface area contributed by atoms with E-state index in [1.54, 1.807) is 12.1 Å². The summed E-state index contributed by atoms with van der Waals surface area (Å²) < 4.78 is 39.3. The molecule has 3 nitrogen and oxygen atoms in total. The minimum atomic E-state index is -0.834. The van der Waals surface area contributed by atoms with E-state index in [9.17, 15) is 18.0 Å². The zero-order chi connectivity index (χ0) is 16.4. The van der Waals surface area contributed by atoms with Crippen LogP contribution >= 0.6 is 0 Å². The van der Waals surface area contributed by atoms with E-state index >= 15 is 0 Å². The molecule has 0 spiro atoms. The standard InChI is InChI=1S/C17H15F3N2O/c18-12-3-1-11(2-4-12)17(7-8-17)10-21-16(23)22-15-6-5-13(19)9-14(15)20/h1-6,9H,7-8,10H2,(H2,21,22,23). The van der Waals surface area contributed by atoms with Gasteiger partial charge in [-0.2, -0.15) is 0 Å². The summed E-state index contributed by atoms with van der Waals surface area (Å²) >= 11 is 0. The van der Waals surface area contributed by atoms with Gasteiger partial charge in [-0.15, -0.1) is 0 Å². The van der Waals surface area contributed by atoms with Gasteiger partial charge < -0.3 is 10.6 Å². The molecule has 0 atom stereocenters. The maximum Gasteiger partial charge on any atom is 0.319 e. The second-order valence-corrected chi connectivity index (χ2v) is 5.72. The van der Waals surface area contributed by atoms with E-state index in [0.717, 1.165) is 30.5 Å². The number of amides is 2. The third-order valence-electron chi connectivity index (χ3n) is 4.08. The lowest BCUT2D eigenvalue weighted by Gasteiger charge is -2.17. The van der Waals surface area contributed by atoms with E-state index in [2.05, 4.69) is 10.6 Å². The highest BCUT2D eigenvalue weighted by Gasteiger charge is 2.44. The molecule has 6 heteroatoms. The van der Waals surface area contributed by atoms with Crippen molar-refractivity contribution in [3.8, 4) is 0 Å². The zero-order valence-electron chi connectivity index (χ0n) is 12.2. The van der Waals surface area contributed by atoms with Crippen LogP contribution < -0.4 is 10.6 Å². The Morgan fingerprint density at radius 2 is 1.65 bits per heavy atom. The van der Waals surface area contributed by atoms with Crippen LogP contribution in [0, 0.1) is 17.5 Å². The summed E-state index contributed by atoms with van der Waals surface area (Å²) in [4.78, 5) is 11.9. The van der Waals surface area contributed by atoms with Crippen molar-refractivity contribution in [1.29, 1.82) is 0 Å². The van der Waals surface area contributed by atoms with Gasteiger partial charge in [0.2, 0.25) is 0 Å². The van der Waals surface area contributed by atoms with Crippen LogP contribution in [0.1, 0.15) is 18.4 Å². The largest absolute Gasteiger partial charge is 0.337 e. The number of hydrogen-bond acceptors (Lipinski definition) is 1. The SMILES string of the molecule is O=C(NCC1(c2ccc(F)cc2)CC1)Nc1ccc(F)cc1F. The molecular weight excluding hydrogens is 305 g/mol. The summed E-state index contributed by atoms with van der Waals surface area (Å²) in [6.45, 7) is 0.368. The van der Waals surface area contributed by atoms with Gasteiger partial charge in [-0.1, -0.05) is 12.1 Å². The molecule has 1 fully saturated rings. The van der Waals surface area contributed by atoms with Crippen LogP contribution in [0.25, 0.3) is 0 Å². The van der Waals surface area contributed by atoms with Gasteiger partial charge in [0.1, 0.15) is 17.5 Å². The topological polar surface area (TPSA) is 41.1 Å². The maximum atomic E-state index is 13.5. The lowest BCUT2D eigenvalue weighted by Crippen LogP contribution is -2.35. The highest BCUT2D eigenvalue weighted by molar-refractivity contribution is 5.89. The van der Waals surface area contributed by atoms with Crippen molar-refractivity contribution in [2.45, 2.75) is 18.3 Å². The summed E-state index contributed by atoms with van der Waals surface area (Å²) in [6.07, 6.45) is 1.79. The highest BCUT2D eigenvalue weighted by Crippen LogP contribution is 2.47. The van der Waals surface area contributed by atoms with E-state index in [-0.39, 0.29) is 16.9 Å². The normalized spacial score (nSPS) is 15.1. The number of benzene rings is 2. The molecule has 120 valence electrons. The number of carbonyl (C=O) groups excluding carboxylic acids is 1. The summed E-state index contributed by atoms with van der Waals surface area (Å²) in [5.74, 6) is -1.84. The van der Waals surface area contributed by atoms with Crippen molar-refractivity contribution in [2.75, 3.05) is 11.9 Å². The summed E-state index contributed by atoms with van der Waals surface area (Å²) in [5, 5.41) is 5.03. The first kappa shape index (κ1) is 15.4. The average molecular weight is 320 g/mol. The molecular formula is C17H15F3N2O. The van der Waals surface area contributed by atoms with Crippen LogP contribution in [-0.2, 0) is 5.41 Å². The molecule has 0 aliphatic heterocycles. The third kappa shape index (κ3) is 3.47. The van der Waals surface area contributed by atoms with Gasteiger partial charge in [0.25, 0.3) is 0 Å². The lowest BCUT2D eigenvalue weighted by molar-refractivity contribution is 0.251. The number of anilines is 1. The Morgan fingerprint density at radius 1 is 1.00 bits per heavy atom. The fourth-order valence-corrected chi connectivity index (χ4v) is 2.53. The number of urea groups is 1. The van der Waals surface area contributed by atoms with Crippen LogP contribution in [0.4, 0.5) is 23.7 Å². The minimum absolute atomic E-state index is 0.0875. The predicted molar refractivity (Wildman–Crippen MR) is 80.7 cm³/mol. The molecule has 2 aromatic rings. The average Bonchev–Trinajstić information content (AvgIpc) is 3.30. The first-order valence-electron chi connectivity index (χ1n) is 7.24. The molecule has 0 aromatic heterocycles. The number of nitrogens with one attached hydrogen (secondary N) is 2. The number of rotatable bonds is 4. The molecule has 3 rings (SSSR count). The second-order valence-electron chi connectivity index (χ2n) is 5.72. The van der Waals surface area contributed by atoms with E-state index in [0.29, 0.717) is 12.6 Å². The smallest absolute Gasteiger partial charge is 0.319 e. The fraction of sp³-hybridized carbons (Fsp3) is 0.235. The van der Waals surface area contributed by atoms with E-state index in [1.807, 2.05) is 0 Å². The van der Waals surface area contributed by atoms with E-state index in [4.69, 9.17) is 0 Å². The molecule has 0 radical (unpaired) electrons. The molecule has 2 aromatic carbocycles. The van der Waals surface area contributed by atoms with Crippen molar-refractivity contribution in [3.63, 3.8) is 0 Å². The molecule has 2 N–H and O–H groups in total. The predicted octanol–water partition coefficient (Wildman–Crippen LogP) is 3.96. The number of carbonyl (C=O) groups is 1. The van der Waals surface area contributed by atoms with Gasteiger partial charge >= 0.3 is 6.03 Å². The minimum Gasteiger partial charge on any atom is -0.337 e. The first-order valence-corrected chi connectivity index (χ1v) is 7.24. The summed E-state index contributed by atoms with van der Waals surface area (Å²) in [5.41, 5.74) is 0.689. The van der Waals surface area contributed by atoms with Gasteiger partial charge in [-0.3, -0.25) is 0 Å². The van der Waals surface area contributed by atoms with Gasteiger partial charge in [0.05, 0.1) is 5.69 Å². The van der Waals surface area contributed by atoms with Crippen molar-refractivity contribution in [3.05, 3.63) is 65.5 Å². The van der Waals surface area contributed by atoms with Crippen molar-refractivity contribution < 1.29 is 18.0 Å². The van der Waals surface area contributed by atoms with Crippen LogP contribution in [-0.4, -0.2) is 12.6 Å². The Balaban J connectivity index is 1.59. The van der Waals surface area contributed by atoms with Crippen molar-refractivity contribution >= 4 is 11.7 Å². The Hall–Kier alpha value is -2.50. The van der Waals surface area contributed by atoms with E-state index < -0.39 is 17.7 Å². The van der Waals surface area contributed by atoms with Crippen molar-refractivity contribution in [2.24, 2.45) is 0 Å². The Morgan fingerprint density at radius 3 is 2.26 bits per heavy atom. The lowest BCUT2D eigenvalue weighted by atomic mass is 9.96. The Labute approximate surface area is 131 Å². The van der Waals surface area contributed by atoms with Gasteiger partial charge in [0.15, 0.2) is 0 Å². The van der Waals surface area contributed by atoms with Crippen LogP contribution in [0.2, 0.25) is 0 Å². The second kappa shape index (κ2) is 5.95. The first-order chi connectivity index (χ1) is 11.0. The maximum absolute atomic E-state index is 13.5. The van der Waals surface area contributed by atoms with Crippen LogP contribution in [0.3, 0.4) is 0 Å². The molecule has 2 amide bonds. The Bertz CT molecular complexity index is 727. The molecule has 0 unspecified atom stereocenters. The molecule has 1 aliphatic rings. The third-order valence-corrected chi connectivity index (χ3v) is 4.08. The van der Waals surface area contributed by atoms with Crippen molar-refractivity contribution in [1.82, 2.24) is 5.32 Å². The number of hydrogen-bond donors (Lipinski definition) is 2. The van der Waals surface area contributed by atoms with Gasteiger partial charge in [-0.05, 0) is 42.7 Å². The highest BCUT2D eigenvalue weighted by atomic mass is 19.1. The summed E-state index contributed by atoms with van der Waals surface area (Å²) in [7, 11) is 0. The zero-order valence-corrected chi connectivity index (χ0v) is 12.2. The quantitative estimate of drug-likeness (QED) is 0.880. The molecule has 23 heavy (non-hydrogen) atoms. The molecule has 0 saturated heterocycles. The molecule has 0 bridgehead atoms. The van der Waals surface area contributed by atoms with Gasteiger partial charge in [-0.25, -0.2) is 18.0 Å². The number of halogens is 3. The summed E-state index contributed by atoms with van der Waals surface area (Å²) in [6, 6.07) is 8.58. The van der Waals surface area contributed by atoms with Crippen LogP contribution in [0.5, 0.6) is 0 Å². The Kier molecular flexibility index (Phi) is 3.98. The van der Waals surface area contributed by atoms with Gasteiger partial charge in [0, 0.05) is 18.0 Å². The van der Waals surface area contributed by atoms with E-state index in [1.165, 1.54) is 12.1 Å². The fourth-order valence-electron chi connectivity index (χ4n) is 2.53. The molecule has 0 heterocycles.